The molecule has 0 bridgehead atoms. The highest BCUT2D eigenvalue weighted by Gasteiger charge is 2.20. The van der Waals surface area contributed by atoms with E-state index in [0.717, 1.165) is 16.5 Å². The molecule has 0 aliphatic heterocycles. The number of hydrogen-bond acceptors (Lipinski definition) is 4. The highest BCUT2D eigenvalue weighted by molar-refractivity contribution is 7.98. The lowest BCUT2D eigenvalue weighted by atomic mass is 10.1. The number of aromatic nitrogens is 2. The van der Waals surface area contributed by atoms with Crippen LogP contribution in [0.4, 0.5) is 4.39 Å². The Bertz CT molecular complexity index is 826. The normalized spacial score (nSPS) is 11.1. The number of imidazole rings is 1. The van der Waals surface area contributed by atoms with Crippen molar-refractivity contribution in [2.24, 2.45) is 7.05 Å². The number of aromatic carboxylic acids is 1. The molecule has 0 atom stereocenters. The van der Waals surface area contributed by atoms with E-state index in [4.69, 9.17) is 0 Å². The fourth-order valence-corrected chi connectivity index (χ4v) is 4.23. The van der Waals surface area contributed by atoms with Gasteiger partial charge < -0.3 is 9.67 Å². The molecule has 0 radical (unpaired) electrons. The minimum Gasteiger partial charge on any atom is -0.477 e. The van der Waals surface area contributed by atoms with Crippen LogP contribution in [0, 0.1) is 5.82 Å². The summed E-state index contributed by atoms with van der Waals surface area (Å²) in [5.41, 5.74) is 0.522. The molecule has 0 amide bonds. The molecule has 21 heavy (non-hydrogen) atoms. The van der Waals surface area contributed by atoms with Crippen LogP contribution in [-0.2, 0) is 12.8 Å². The Morgan fingerprint density at radius 3 is 3.00 bits per heavy atom. The van der Waals surface area contributed by atoms with Crippen molar-refractivity contribution in [1.29, 1.82) is 0 Å². The van der Waals surface area contributed by atoms with Gasteiger partial charge in [-0.3, -0.25) is 0 Å². The molecule has 0 spiro atoms. The van der Waals surface area contributed by atoms with E-state index in [2.05, 4.69) is 4.98 Å². The van der Waals surface area contributed by atoms with Crippen LogP contribution in [0.15, 0.2) is 35.7 Å². The number of carboxylic acid groups (broad SMARTS) is 1. The van der Waals surface area contributed by atoms with Crippen LogP contribution in [0.1, 0.15) is 15.2 Å². The Balaban J connectivity index is 2.05. The number of carbonyl (C=O) groups is 1. The Labute approximate surface area is 128 Å². The van der Waals surface area contributed by atoms with E-state index in [1.807, 2.05) is 17.8 Å². The molecule has 4 nitrogen and oxygen atoms in total. The summed E-state index contributed by atoms with van der Waals surface area (Å²) < 4.78 is 16.6. The first-order valence-corrected chi connectivity index (χ1v) is 7.91. The Kier molecular flexibility index (Phi) is 3.69. The van der Waals surface area contributed by atoms with Crippen molar-refractivity contribution >= 4 is 39.2 Å². The van der Waals surface area contributed by atoms with E-state index >= 15 is 0 Å². The fourth-order valence-electron chi connectivity index (χ4n) is 2.11. The van der Waals surface area contributed by atoms with E-state index in [9.17, 15) is 14.3 Å². The number of rotatable bonds is 4. The average Bonchev–Trinajstić information content (AvgIpc) is 3.01. The van der Waals surface area contributed by atoms with Gasteiger partial charge in [0, 0.05) is 35.3 Å². The standard InChI is InChI=1S/C14H11FN2O2S2/c1-17-6-5-16-14(17)20-7-8-11-9(15)3-2-4-10(11)21-12(8)13(18)19/h2-6H,7H2,1H3,(H,18,19). The summed E-state index contributed by atoms with van der Waals surface area (Å²) >= 11 is 2.50. The van der Waals surface area contributed by atoms with E-state index < -0.39 is 5.97 Å². The zero-order valence-electron chi connectivity index (χ0n) is 11.0. The minimum atomic E-state index is -1.02. The number of fused-ring (bicyclic) bond motifs is 1. The van der Waals surface area contributed by atoms with E-state index in [-0.39, 0.29) is 10.7 Å². The maximum Gasteiger partial charge on any atom is 0.346 e. The number of nitrogens with zero attached hydrogens (tertiary/aromatic N) is 2. The SMILES string of the molecule is Cn1ccnc1SCc1c(C(=O)O)sc2cccc(F)c12. The largest absolute Gasteiger partial charge is 0.477 e. The quantitative estimate of drug-likeness (QED) is 0.743. The summed E-state index contributed by atoms with van der Waals surface area (Å²) in [6.45, 7) is 0. The molecule has 0 unspecified atom stereocenters. The average molecular weight is 322 g/mol. The van der Waals surface area contributed by atoms with Crippen molar-refractivity contribution in [1.82, 2.24) is 9.55 Å². The lowest BCUT2D eigenvalue weighted by Gasteiger charge is -2.03. The van der Waals surface area contributed by atoms with Crippen molar-refractivity contribution < 1.29 is 14.3 Å². The highest BCUT2D eigenvalue weighted by atomic mass is 32.2. The summed E-state index contributed by atoms with van der Waals surface area (Å²) in [6, 6.07) is 4.69. The smallest absolute Gasteiger partial charge is 0.346 e. The number of thiophene rings is 1. The molecule has 108 valence electrons. The summed E-state index contributed by atoms with van der Waals surface area (Å²) in [7, 11) is 1.86. The molecule has 3 rings (SSSR count). The molecule has 0 saturated carbocycles. The van der Waals surface area contributed by atoms with Crippen molar-refractivity contribution in [3.63, 3.8) is 0 Å². The Morgan fingerprint density at radius 2 is 2.33 bits per heavy atom. The number of carboxylic acids is 1. The van der Waals surface area contributed by atoms with Crippen LogP contribution < -0.4 is 0 Å². The number of hydrogen-bond donors (Lipinski definition) is 1. The summed E-state index contributed by atoms with van der Waals surface area (Å²) in [6.07, 6.45) is 3.49. The topological polar surface area (TPSA) is 55.1 Å². The third-order valence-corrected chi connectivity index (χ3v) is 5.35. The van der Waals surface area contributed by atoms with Gasteiger partial charge in [0.2, 0.25) is 0 Å². The summed E-state index contributed by atoms with van der Waals surface area (Å²) in [4.78, 5) is 15.8. The molecule has 7 heteroatoms. The predicted octanol–water partition coefficient (Wildman–Crippen LogP) is 3.76. The summed E-state index contributed by atoms with van der Waals surface area (Å²) in [5, 5.41) is 10.5. The van der Waals surface area contributed by atoms with Crippen LogP contribution in [0.2, 0.25) is 0 Å². The molecule has 0 saturated heterocycles. The molecule has 2 heterocycles. The number of benzene rings is 1. The molecular weight excluding hydrogens is 311 g/mol. The van der Waals surface area contributed by atoms with Crippen LogP contribution in [-0.4, -0.2) is 20.6 Å². The first-order chi connectivity index (χ1) is 10.1. The highest BCUT2D eigenvalue weighted by Crippen LogP contribution is 2.36. The zero-order chi connectivity index (χ0) is 15.0. The third kappa shape index (κ3) is 2.54. The van der Waals surface area contributed by atoms with Gasteiger partial charge in [-0.05, 0) is 17.7 Å². The molecule has 3 aromatic rings. The van der Waals surface area contributed by atoms with Gasteiger partial charge in [0.1, 0.15) is 10.7 Å². The van der Waals surface area contributed by atoms with Crippen LogP contribution in [0.25, 0.3) is 10.1 Å². The van der Waals surface area contributed by atoms with Gasteiger partial charge in [-0.1, -0.05) is 17.8 Å². The monoisotopic (exact) mass is 322 g/mol. The van der Waals surface area contributed by atoms with Gasteiger partial charge in [-0.15, -0.1) is 11.3 Å². The number of thioether (sulfide) groups is 1. The van der Waals surface area contributed by atoms with Gasteiger partial charge in [0.15, 0.2) is 5.16 Å². The van der Waals surface area contributed by atoms with Crippen molar-refractivity contribution in [2.75, 3.05) is 0 Å². The third-order valence-electron chi connectivity index (χ3n) is 3.08. The molecule has 0 aliphatic rings. The van der Waals surface area contributed by atoms with E-state index in [0.29, 0.717) is 21.4 Å². The van der Waals surface area contributed by atoms with Gasteiger partial charge >= 0.3 is 5.97 Å². The number of aryl methyl sites for hydroxylation is 1. The van der Waals surface area contributed by atoms with Crippen molar-refractivity contribution in [2.45, 2.75) is 10.9 Å². The maximum absolute atomic E-state index is 14.1. The predicted molar refractivity (Wildman–Crippen MR) is 81.5 cm³/mol. The van der Waals surface area contributed by atoms with Gasteiger partial charge in [0.05, 0.1) is 0 Å². The molecular formula is C14H11FN2O2S2. The fraction of sp³-hybridized carbons (Fsp3) is 0.143. The van der Waals surface area contributed by atoms with E-state index in [1.165, 1.54) is 17.8 Å². The zero-order valence-corrected chi connectivity index (χ0v) is 12.7. The van der Waals surface area contributed by atoms with Crippen molar-refractivity contribution in [3.05, 3.63) is 46.9 Å². The second-order valence-corrected chi connectivity index (χ2v) is 6.43. The van der Waals surface area contributed by atoms with Gasteiger partial charge in [-0.2, -0.15) is 0 Å². The minimum absolute atomic E-state index is 0.191. The van der Waals surface area contributed by atoms with Crippen LogP contribution in [0.3, 0.4) is 0 Å². The first kappa shape index (κ1) is 14.1. The molecule has 1 aromatic carbocycles. The van der Waals surface area contributed by atoms with Gasteiger partial charge in [-0.25, -0.2) is 14.2 Å². The molecule has 2 aromatic heterocycles. The Hall–Kier alpha value is -1.86. The van der Waals surface area contributed by atoms with Crippen LogP contribution >= 0.6 is 23.1 Å². The lowest BCUT2D eigenvalue weighted by Crippen LogP contribution is -1.98. The first-order valence-electron chi connectivity index (χ1n) is 6.11. The second kappa shape index (κ2) is 5.50. The molecule has 0 fully saturated rings. The molecule has 1 N–H and O–H groups in total. The van der Waals surface area contributed by atoms with Crippen molar-refractivity contribution in [3.8, 4) is 0 Å². The van der Waals surface area contributed by atoms with Gasteiger partial charge in [0.25, 0.3) is 0 Å². The molecule has 0 aliphatic carbocycles. The number of halogens is 1. The maximum atomic E-state index is 14.1. The summed E-state index contributed by atoms with van der Waals surface area (Å²) in [5.74, 6) is -1.04. The van der Waals surface area contributed by atoms with Crippen LogP contribution in [0.5, 0.6) is 0 Å². The Morgan fingerprint density at radius 1 is 1.52 bits per heavy atom. The lowest BCUT2D eigenvalue weighted by molar-refractivity contribution is 0.0701. The second-order valence-electron chi connectivity index (χ2n) is 4.44. The van der Waals surface area contributed by atoms with E-state index in [1.54, 1.807) is 18.3 Å².